The molecule has 21 heavy (non-hydrogen) atoms. The van der Waals surface area contributed by atoms with Crippen molar-refractivity contribution >= 4 is 24.2 Å². The summed E-state index contributed by atoms with van der Waals surface area (Å²) in [5, 5.41) is 6.24. The molecule has 6 heteroatoms. The molecule has 1 heterocycles. The molecule has 0 bridgehead atoms. The minimum Gasteiger partial charge on any atom is -0.342 e. The zero-order valence-electron chi connectivity index (χ0n) is 13.1. The van der Waals surface area contributed by atoms with Crippen LogP contribution in [0.4, 0.5) is 0 Å². The summed E-state index contributed by atoms with van der Waals surface area (Å²) >= 11 is 0. The Morgan fingerprint density at radius 3 is 2.38 bits per heavy atom. The molecule has 0 spiro atoms. The molecule has 1 saturated carbocycles. The third-order valence-electron chi connectivity index (χ3n) is 4.65. The second-order valence-electron chi connectivity index (χ2n) is 6.20. The van der Waals surface area contributed by atoms with Gasteiger partial charge in [-0.1, -0.05) is 19.3 Å². The van der Waals surface area contributed by atoms with E-state index in [0.717, 1.165) is 58.0 Å². The molecule has 1 aliphatic heterocycles. The molecule has 1 unspecified atom stereocenters. The summed E-state index contributed by atoms with van der Waals surface area (Å²) in [5.74, 6) is 0.0368. The number of rotatable bonds is 3. The number of likely N-dealkylation sites (N-methyl/N-ethyl adjacent to an activating group) is 1. The topological polar surface area (TPSA) is 61.4 Å². The highest BCUT2D eigenvalue weighted by Gasteiger charge is 2.43. The van der Waals surface area contributed by atoms with E-state index in [2.05, 4.69) is 10.6 Å². The second-order valence-corrected chi connectivity index (χ2v) is 6.20. The smallest absolute Gasteiger partial charge is 0.248 e. The zero-order valence-corrected chi connectivity index (χ0v) is 13.9. The molecule has 2 fully saturated rings. The van der Waals surface area contributed by atoms with Crippen LogP contribution < -0.4 is 10.6 Å². The summed E-state index contributed by atoms with van der Waals surface area (Å²) in [4.78, 5) is 26.4. The molecule has 1 atom stereocenters. The van der Waals surface area contributed by atoms with Gasteiger partial charge in [0.15, 0.2) is 0 Å². The van der Waals surface area contributed by atoms with Crippen molar-refractivity contribution < 1.29 is 9.59 Å². The Balaban J connectivity index is 0.00000220. The van der Waals surface area contributed by atoms with Gasteiger partial charge in [-0.3, -0.25) is 9.59 Å². The van der Waals surface area contributed by atoms with Gasteiger partial charge in [0.1, 0.15) is 5.54 Å². The van der Waals surface area contributed by atoms with Gasteiger partial charge in [-0.2, -0.15) is 0 Å². The molecular formula is C15H28ClN3O2. The van der Waals surface area contributed by atoms with Gasteiger partial charge in [-0.25, -0.2) is 0 Å². The lowest BCUT2D eigenvalue weighted by atomic mass is 9.80. The first-order chi connectivity index (χ1) is 9.57. The van der Waals surface area contributed by atoms with Gasteiger partial charge in [0.05, 0.1) is 0 Å². The van der Waals surface area contributed by atoms with Crippen molar-refractivity contribution in [2.45, 2.75) is 63.5 Å². The van der Waals surface area contributed by atoms with E-state index in [1.807, 2.05) is 11.9 Å². The maximum atomic E-state index is 13.0. The Hall–Kier alpha value is -0.810. The SMILES string of the molecule is CNC1CCCN(C(=O)C2(NC(C)=O)CCCCC2)C1.Cl. The molecule has 2 rings (SSSR count). The number of piperidine rings is 1. The van der Waals surface area contributed by atoms with Crippen LogP contribution in [0.3, 0.4) is 0 Å². The third kappa shape index (κ3) is 4.33. The zero-order chi connectivity index (χ0) is 14.6. The summed E-state index contributed by atoms with van der Waals surface area (Å²) in [5.41, 5.74) is -0.639. The average molecular weight is 318 g/mol. The molecule has 0 aromatic rings. The fourth-order valence-electron chi connectivity index (χ4n) is 3.58. The molecule has 0 radical (unpaired) electrons. The van der Waals surface area contributed by atoms with E-state index in [1.165, 1.54) is 6.92 Å². The molecule has 5 nitrogen and oxygen atoms in total. The lowest BCUT2D eigenvalue weighted by molar-refractivity contribution is -0.144. The number of carbonyl (C=O) groups excluding carboxylic acids is 2. The number of hydrogen-bond acceptors (Lipinski definition) is 3. The van der Waals surface area contributed by atoms with Crippen LogP contribution in [0.2, 0.25) is 0 Å². The Morgan fingerprint density at radius 1 is 1.14 bits per heavy atom. The van der Waals surface area contributed by atoms with Gasteiger partial charge in [0.2, 0.25) is 11.8 Å². The molecule has 0 aromatic heterocycles. The predicted octanol–water partition coefficient (Wildman–Crippen LogP) is 1.46. The first-order valence-electron chi connectivity index (χ1n) is 7.83. The van der Waals surface area contributed by atoms with Crippen LogP contribution in [-0.2, 0) is 9.59 Å². The van der Waals surface area contributed by atoms with Crippen LogP contribution in [-0.4, -0.2) is 48.4 Å². The number of nitrogens with one attached hydrogen (secondary N) is 2. The standard InChI is InChI=1S/C15H27N3O2.ClH/c1-12(19)17-15(8-4-3-5-9-15)14(20)18-10-6-7-13(11-18)16-2;/h13,16H,3-11H2,1-2H3,(H,17,19);1H. The molecule has 1 saturated heterocycles. The monoisotopic (exact) mass is 317 g/mol. The number of carbonyl (C=O) groups is 2. The largest absolute Gasteiger partial charge is 0.342 e. The maximum absolute atomic E-state index is 13.0. The predicted molar refractivity (Wildman–Crippen MR) is 85.5 cm³/mol. The molecule has 2 N–H and O–H groups in total. The van der Waals surface area contributed by atoms with Crippen LogP contribution in [0.5, 0.6) is 0 Å². The summed E-state index contributed by atoms with van der Waals surface area (Å²) in [6, 6.07) is 0.380. The molecule has 2 amide bonds. The van der Waals surface area contributed by atoms with Crippen LogP contribution >= 0.6 is 12.4 Å². The van der Waals surface area contributed by atoms with Crippen molar-refractivity contribution in [3.8, 4) is 0 Å². The maximum Gasteiger partial charge on any atom is 0.248 e. The molecule has 0 aromatic carbocycles. The fraction of sp³-hybridized carbons (Fsp3) is 0.867. The van der Waals surface area contributed by atoms with E-state index in [9.17, 15) is 9.59 Å². The van der Waals surface area contributed by atoms with Crippen molar-refractivity contribution in [2.24, 2.45) is 0 Å². The Labute approximate surface area is 133 Å². The summed E-state index contributed by atoms with van der Waals surface area (Å²) in [7, 11) is 1.95. The third-order valence-corrected chi connectivity index (χ3v) is 4.65. The normalized spacial score (nSPS) is 24.9. The van der Waals surface area contributed by atoms with Gasteiger partial charge < -0.3 is 15.5 Å². The first-order valence-corrected chi connectivity index (χ1v) is 7.83. The highest BCUT2D eigenvalue weighted by molar-refractivity contribution is 5.91. The molecule has 1 aliphatic carbocycles. The van der Waals surface area contributed by atoms with E-state index < -0.39 is 5.54 Å². The summed E-state index contributed by atoms with van der Waals surface area (Å²) < 4.78 is 0. The Morgan fingerprint density at radius 2 is 1.81 bits per heavy atom. The van der Waals surface area contributed by atoms with Gasteiger partial charge in [0, 0.05) is 26.1 Å². The van der Waals surface area contributed by atoms with E-state index >= 15 is 0 Å². The molecule has 2 aliphatic rings. The molecular weight excluding hydrogens is 290 g/mol. The number of amides is 2. The minimum atomic E-state index is -0.639. The van der Waals surface area contributed by atoms with Crippen molar-refractivity contribution in [3.63, 3.8) is 0 Å². The Bertz CT molecular complexity index is 370. The highest BCUT2D eigenvalue weighted by Crippen LogP contribution is 2.31. The molecule has 122 valence electrons. The minimum absolute atomic E-state index is 0. The number of nitrogens with zero attached hydrogens (tertiary/aromatic N) is 1. The van der Waals surface area contributed by atoms with Crippen LogP contribution in [0.1, 0.15) is 51.9 Å². The lowest BCUT2D eigenvalue weighted by Gasteiger charge is -2.42. The van der Waals surface area contributed by atoms with Gasteiger partial charge in [-0.05, 0) is 32.7 Å². The highest BCUT2D eigenvalue weighted by atomic mass is 35.5. The lowest BCUT2D eigenvalue weighted by Crippen LogP contribution is -2.62. The van der Waals surface area contributed by atoms with Crippen LogP contribution in [0, 0.1) is 0 Å². The van der Waals surface area contributed by atoms with Crippen molar-refractivity contribution in [1.82, 2.24) is 15.5 Å². The fourth-order valence-corrected chi connectivity index (χ4v) is 3.58. The van der Waals surface area contributed by atoms with Gasteiger partial charge >= 0.3 is 0 Å². The van der Waals surface area contributed by atoms with E-state index in [0.29, 0.717) is 6.04 Å². The van der Waals surface area contributed by atoms with E-state index in [1.54, 1.807) is 0 Å². The number of halogens is 1. The number of likely N-dealkylation sites (tertiary alicyclic amines) is 1. The van der Waals surface area contributed by atoms with Crippen molar-refractivity contribution in [3.05, 3.63) is 0 Å². The van der Waals surface area contributed by atoms with E-state index in [4.69, 9.17) is 0 Å². The summed E-state index contributed by atoms with van der Waals surface area (Å²) in [6.45, 7) is 3.09. The van der Waals surface area contributed by atoms with Gasteiger partial charge in [-0.15, -0.1) is 12.4 Å². The van der Waals surface area contributed by atoms with Gasteiger partial charge in [0.25, 0.3) is 0 Å². The Kier molecular flexibility index (Phi) is 6.94. The van der Waals surface area contributed by atoms with Crippen LogP contribution in [0.15, 0.2) is 0 Å². The second kappa shape index (κ2) is 7.99. The first kappa shape index (κ1) is 18.2. The van der Waals surface area contributed by atoms with Crippen molar-refractivity contribution in [2.75, 3.05) is 20.1 Å². The summed E-state index contributed by atoms with van der Waals surface area (Å²) in [6.07, 6.45) is 6.93. The van der Waals surface area contributed by atoms with E-state index in [-0.39, 0.29) is 24.2 Å². The van der Waals surface area contributed by atoms with Crippen LogP contribution in [0.25, 0.3) is 0 Å². The average Bonchev–Trinajstić information content (AvgIpc) is 2.46. The number of hydrogen-bond donors (Lipinski definition) is 2. The van der Waals surface area contributed by atoms with Crippen molar-refractivity contribution in [1.29, 1.82) is 0 Å². The quantitative estimate of drug-likeness (QED) is 0.828.